The first-order valence-corrected chi connectivity index (χ1v) is 14.3. The summed E-state index contributed by atoms with van der Waals surface area (Å²) in [6.45, 7) is 9.39. The molecule has 0 aliphatic heterocycles. The lowest BCUT2D eigenvalue weighted by Crippen LogP contribution is -2.34. The molecule has 0 aliphatic carbocycles. The first-order chi connectivity index (χ1) is 20.4. The minimum atomic E-state index is -1.52. The second-order valence-electron chi connectivity index (χ2n) is 10.1. The van der Waals surface area contributed by atoms with Crippen molar-refractivity contribution in [3.63, 3.8) is 0 Å². The van der Waals surface area contributed by atoms with Crippen LogP contribution >= 0.6 is 0 Å². The summed E-state index contributed by atoms with van der Waals surface area (Å²) < 4.78 is 31.3. The van der Waals surface area contributed by atoms with Gasteiger partial charge in [0.05, 0.1) is 52.9 Å². The molecule has 0 saturated carbocycles. The standard InChI is InChI=1S/C27H49N3O13/c1-27(2,3)43-26(37)30-12-14-39-16-18-41-20-19-40-17-15-38-13-9-22(31)28-10-5-4-6-11-29-25(36)42-21(24(34)35)7-8-23(32)33/h21H,4-20H2,1-3H3,(H,28,31)(H,29,36)(H,30,37)(H,32,33)(H,34,35)/t21-/m0/s1. The zero-order valence-corrected chi connectivity index (χ0v) is 25.5. The molecule has 3 amide bonds. The lowest BCUT2D eigenvalue weighted by molar-refractivity contribution is -0.148. The maximum Gasteiger partial charge on any atom is 0.407 e. The van der Waals surface area contributed by atoms with E-state index in [9.17, 15) is 24.0 Å². The molecule has 0 unspecified atom stereocenters. The monoisotopic (exact) mass is 623 g/mol. The summed E-state index contributed by atoms with van der Waals surface area (Å²) in [4.78, 5) is 56.5. The average Bonchev–Trinajstić information content (AvgIpc) is 2.91. The topological polar surface area (TPSA) is 217 Å². The predicted molar refractivity (Wildman–Crippen MR) is 152 cm³/mol. The fourth-order valence-corrected chi connectivity index (χ4v) is 3.06. The Kier molecular flexibility index (Phi) is 23.4. The van der Waals surface area contributed by atoms with Crippen molar-refractivity contribution in [3.05, 3.63) is 0 Å². The van der Waals surface area contributed by atoms with E-state index in [0.29, 0.717) is 78.6 Å². The number of rotatable bonds is 26. The Hall–Kier alpha value is -3.21. The highest BCUT2D eigenvalue weighted by atomic mass is 16.6. The molecule has 0 radical (unpaired) electrons. The highest BCUT2D eigenvalue weighted by Gasteiger charge is 2.23. The molecule has 1 atom stereocenters. The summed E-state index contributed by atoms with van der Waals surface area (Å²) in [6.07, 6.45) is -1.46. The Balaban J connectivity index is 3.46. The van der Waals surface area contributed by atoms with E-state index in [1.54, 1.807) is 20.8 Å². The van der Waals surface area contributed by atoms with E-state index >= 15 is 0 Å². The number of hydrogen-bond acceptors (Lipinski definition) is 11. The first-order valence-electron chi connectivity index (χ1n) is 14.3. The van der Waals surface area contributed by atoms with Gasteiger partial charge in [-0.1, -0.05) is 0 Å². The summed E-state index contributed by atoms with van der Waals surface area (Å²) in [5.74, 6) is -2.72. The molecule has 250 valence electrons. The minimum absolute atomic E-state index is 0.139. The maximum absolute atomic E-state index is 11.8. The third kappa shape index (κ3) is 28.7. The Labute approximate surface area is 252 Å². The number of ether oxygens (including phenoxy) is 6. The van der Waals surface area contributed by atoms with Gasteiger partial charge >= 0.3 is 24.1 Å². The smallest absolute Gasteiger partial charge is 0.407 e. The van der Waals surface area contributed by atoms with Crippen molar-refractivity contribution in [3.8, 4) is 0 Å². The number of amides is 3. The van der Waals surface area contributed by atoms with Gasteiger partial charge in [-0.2, -0.15) is 0 Å². The van der Waals surface area contributed by atoms with Crippen LogP contribution in [0.15, 0.2) is 0 Å². The van der Waals surface area contributed by atoms with Gasteiger partial charge in [0, 0.05) is 38.9 Å². The predicted octanol–water partition coefficient (Wildman–Crippen LogP) is 1.30. The molecule has 0 fully saturated rings. The lowest BCUT2D eigenvalue weighted by Gasteiger charge is -2.19. The zero-order valence-electron chi connectivity index (χ0n) is 25.5. The maximum atomic E-state index is 11.8. The van der Waals surface area contributed by atoms with Gasteiger partial charge in [0.25, 0.3) is 0 Å². The Morgan fingerprint density at radius 3 is 1.67 bits per heavy atom. The molecule has 0 aromatic heterocycles. The summed E-state index contributed by atoms with van der Waals surface area (Å²) >= 11 is 0. The van der Waals surface area contributed by atoms with Crippen molar-refractivity contribution in [1.29, 1.82) is 0 Å². The molecular weight excluding hydrogens is 574 g/mol. The van der Waals surface area contributed by atoms with Crippen molar-refractivity contribution in [2.45, 2.75) is 71.0 Å². The van der Waals surface area contributed by atoms with Crippen molar-refractivity contribution in [2.75, 3.05) is 72.5 Å². The quantitative estimate of drug-likeness (QED) is 0.0860. The molecule has 0 heterocycles. The van der Waals surface area contributed by atoms with Gasteiger partial charge in [0.1, 0.15) is 5.60 Å². The molecule has 0 aromatic carbocycles. The van der Waals surface area contributed by atoms with E-state index in [0.717, 1.165) is 0 Å². The van der Waals surface area contributed by atoms with E-state index in [1.807, 2.05) is 0 Å². The second-order valence-corrected chi connectivity index (χ2v) is 10.1. The molecular formula is C27H49N3O13. The number of carbonyl (C=O) groups is 5. The number of carboxylic acids is 2. The average molecular weight is 624 g/mol. The molecule has 16 heteroatoms. The van der Waals surface area contributed by atoms with Crippen LogP contribution in [0.2, 0.25) is 0 Å². The number of nitrogens with one attached hydrogen (secondary N) is 3. The third-order valence-corrected chi connectivity index (χ3v) is 5.09. The lowest BCUT2D eigenvalue weighted by atomic mass is 10.2. The Bertz CT molecular complexity index is 805. The first kappa shape index (κ1) is 39.8. The van der Waals surface area contributed by atoms with Gasteiger partial charge in [0.15, 0.2) is 0 Å². The van der Waals surface area contributed by atoms with Gasteiger partial charge in [-0.05, 0) is 40.0 Å². The Morgan fingerprint density at radius 1 is 0.628 bits per heavy atom. The van der Waals surface area contributed by atoms with Crippen LogP contribution in [-0.2, 0) is 42.8 Å². The molecule has 0 saturated heterocycles. The van der Waals surface area contributed by atoms with Gasteiger partial charge in [-0.3, -0.25) is 9.59 Å². The van der Waals surface area contributed by atoms with Crippen molar-refractivity contribution < 1.29 is 62.6 Å². The van der Waals surface area contributed by atoms with Gasteiger partial charge in [0.2, 0.25) is 12.0 Å². The van der Waals surface area contributed by atoms with E-state index in [2.05, 4.69) is 16.0 Å². The fraction of sp³-hybridized carbons (Fsp3) is 0.815. The van der Waals surface area contributed by atoms with E-state index in [-0.39, 0.29) is 31.9 Å². The molecule has 0 aliphatic rings. The normalized spacial score (nSPS) is 11.8. The number of aliphatic carboxylic acids is 2. The molecule has 0 aromatic rings. The number of unbranched alkanes of at least 4 members (excludes halogenated alkanes) is 2. The molecule has 0 rings (SSSR count). The molecule has 0 bridgehead atoms. The summed E-state index contributed by atoms with van der Waals surface area (Å²) in [5, 5.41) is 25.4. The highest BCUT2D eigenvalue weighted by molar-refractivity contribution is 5.78. The van der Waals surface area contributed by atoms with Crippen LogP contribution in [0, 0.1) is 0 Å². The van der Waals surface area contributed by atoms with Crippen molar-refractivity contribution >= 4 is 30.0 Å². The second kappa shape index (κ2) is 25.3. The molecule has 16 nitrogen and oxygen atoms in total. The number of alkyl carbamates (subject to hydrolysis) is 2. The van der Waals surface area contributed by atoms with Crippen LogP contribution in [0.4, 0.5) is 9.59 Å². The molecule has 0 spiro atoms. The summed E-state index contributed by atoms with van der Waals surface area (Å²) in [7, 11) is 0. The zero-order chi connectivity index (χ0) is 32.3. The van der Waals surface area contributed by atoms with E-state index in [1.165, 1.54) is 0 Å². The van der Waals surface area contributed by atoms with Crippen molar-refractivity contribution in [2.24, 2.45) is 0 Å². The van der Waals surface area contributed by atoms with Crippen molar-refractivity contribution in [1.82, 2.24) is 16.0 Å². The number of carboxylic acid groups (broad SMARTS) is 2. The summed E-state index contributed by atoms with van der Waals surface area (Å²) in [5.41, 5.74) is -0.537. The third-order valence-electron chi connectivity index (χ3n) is 5.09. The molecule has 43 heavy (non-hydrogen) atoms. The van der Waals surface area contributed by atoms with Crippen LogP contribution in [0.1, 0.15) is 59.3 Å². The number of carbonyl (C=O) groups excluding carboxylic acids is 3. The van der Waals surface area contributed by atoms with Crippen LogP contribution in [0.3, 0.4) is 0 Å². The Morgan fingerprint density at radius 2 is 1.14 bits per heavy atom. The molecule has 5 N–H and O–H groups in total. The highest BCUT2D eigenvalue weighted by Crippen LogP contribution is 2.06. The largest absolute Gasteiger partial charge is 0.481 e. The van der Waals surface area contributed by atoms with Crippen LogP contribution in [-0.4, -0.2) is 124 Å². The van der Waals surface area contributed by atoms with Crippen LogP contribution in [0.25, 0.3) is 0 Å². The van der Waals surface area contributed by atoms with Crippen LogP contribution < -0.4 is 16.0 Å². The minimum Gasteiger partial charge on any atom is -0.481 e. The fourth-order valence-electron chi connectivity index (χ4n) is 3.06. The van der Waals surface area contributed by atoms with E-state index in [4.69, 9.17) is 38.6 Å². The van der Waals surface area contributed by atoms with E-state index < -0.39 is 42.3 Å². The SMILES string of the molecule is CC(C)(C)OC(=O)NCCOCCOCCOCCOCCC(=O)NCCCCCNC(=O)O[C@@H](CCC(=O)O)C(=O)O. The van der Waals surface area contributed by atoms with Gasteiger partial charge in [-0.15, -0.1) is 0 Å². The van der Waals surface area contributed by atoms with Gasteiger partial charge < -0.3 is 54.6 Å². The van der Waals surface area contributed by atoms with Crippen LogP contribution in [0.5, 0.6) is 0 Å². The van der Waals surface area contributed by atoms with Gasteiger partial charge in [-0.25, -0.2) is 14.4 Å². The number of hydrogen-bond donors (Lipinski definition) is 5. The summed E-state index contributed by atoms with van der Waals surface area (Å²) in [6, 6.07) is 0.